The average Bonchev–Trinajstić information content (AvgIpc) is 2.61. The molecule has 25 heavy (non-hydrogen) atoms. The van der Waals surface area contributed by atoms with Crippen molar-refractivity contribution in [3.05, 3.63) is 101 Å². The van der Waals surface area contributed by atoms with Crippen LogP contribution in [0.1, 0.15) is 12.5 Å². The molecular weight excluding hydrogens is 318 g/mol. The lowest BCUT2D eigenvalue weighted by atomic mass is 10.2. The smallest absolute Gasteiger partial charge is 0.335 e. The summed E-state index contributed by atoms with van der Waals surface area (Å²) in [5.74, 6) is -0.146. The van der Waals surface area contributed by atoms with Gasteiger partial charge >= 0.3 is 5.97 Å². The highest BCUT2D eigenvalue weighted by Gasteiger charge is 2.05. The first kappa shape index (κ1) is 18.0. The minimum atomic E-state index is -1.03. The lowest BCUT2D eigenvalue weighted by molar-refractivity contribution is -0.132. The van der Waals surface area contributed by atoms with Gasteiger partial charge in [0, 0.05) is 12.3 Å². The van der Waals surface area contributed by atoms with Gasteiger partial charge in [0.25, 0.3) is 5.56 Å². The molecule has 0 aliphatic heterocycles. The van der Waals surface area contributed by atoms with Gasteiger partial charge in [-0.3, -0.25) is 4.79 Å². The average molecular weight is 337 g/mol. The van der Waals surface area contributed by atoms with E-state index in [2.05, 4.69) is 6.58 Å². The number of pyridine rings is 1. The summed E-state index contributed by atoms with van der Waals surface area (Å²) in [5.41, 5.74) is 1.01. The van der Waals surface area contributed by atoms with Crippen LogP contribution in [0.2, 0.25) is 0 Å². The predicted molar refractivity (Wildman–Crippen MR) is 96.5 cm³/mol. The summed E-state index contributed by atoms with van der Waals surface area (Å²) in [4.78, 5) is 22.8. The second-order valence-electron chi connectivity index (χ2n) is 5.21. The van der Waals surface area contributed by atoms with E-state index >= 15 is 0 Å². The predicted octanol–water partition coefficient (Wildman–Crippen LogP) is 3.38. The Morgan fingerprint density at radius 3 is 2.52 bits per heavy atom. The van der Waals surface area contributed by atoms with E-state index in [0.717, 1.165) is 5.56 Å². The number of hydrogen-bond acceptors (Lipinski definition) is 3. The Hall–Kier alpha value is -3.34. The van der Waals surface area contributed by atoms with Crippen molar-refractivity contribution in [3.63, 3.8) is 0 Å². The van der Waals surface area contributed by atoms with Gasteiger partial charge in [-0.05, 0) is 42.8 Å². The molecule has 0 amide bonds. The highest BCUT2D eigenvalue weighted by molar-refractivity contribution is 5.89. The summed E-state index contributed by atoms with van der Waals surface area (Å²) in [6, 6.07) is 12.2. The quantitative estimate of drug-likeness (QED) is 0.478. The Morgan fingerprint density at radius 2 is 1.96 bits per heavy atom. The van der Waals surface area contributed by atoms with Gasteiger partial charge in [0.15, 0.2) is 0 Å². The Kier molecular flexibility index (Phi) is 6.12. The third kappa shape index (κ3) is 5.07. The molecule has 1 aromatic heterocycles. The standard InChI is InChI=1S/C20H19NO4/c1-3-16(20(23)24)13-17(4-2)25-18-10-8-15(9-11-18)14-21-12-6-5-7-19(21)22/h3-13H,2,14H2,1H3,(H,23,24)/b16-3+,17-13+. The number of carboxylic acid groups (broad SMARTS) is 1. The molecule has 0 spiro atoms. The van der Waals surface area contributed by atoms with Crippen LogP contribution in [0, 0.1) is 0 Å². The largest absolute Gasteiger partial charge is 0.478 e. The normalized spacial score (nSPS) is 11.9. The molecule has 0 aliphatic carbocycles. The summed E-state index contributed by atoms with van der Waals surface area (Å²) >= 11 is 0. The molecule has 0 fully saturated rings. The first-order chi connectivity index (χ1) is 12.0. The molecule has 0 atom stereocenters. The molecule has 0 aliphatic rings. The van der Waals surface area contributed by atoms with Crippen LogP contribution in [-0.4, -0.2) is 15.6 Å². The van der Waals surface area contributed by atoms with Gasteiger partial charge in [-0.2, -0.15) is 0 Å². The van der Waals surface area contributed by atoms with E-state index in [1.165, 1.54) is 24.3 Å². The number of rotatable bonds is 7. The van der Waals surface area contributed by atoms with Crippen molar-refractivity contribution < 1.29 is 14.6 Å². The number of carbonyl (C=O) groups is 1. The summed E-state index contributed by atoms with van der Waals surface area (Å²) in [6.45, 7) is 5.74. The van der Waals surface area contributed by atoms with Crippen LogP contribution in [-0.2, 0) is 11.3 Å². The van der Waals surface area contributed by atoms with E-state index in [9.17, 15) is 9.59 Å². The summed E-state index contributed by atoms with van der Waals surface area (Å²) < 4.78 is 7.25. The molecule has 128 valence electrons. The Balaban J connectivity index is 2.13. The maximum absolute atomic E-state index is 11.7. The lowest BCUT2D eigenvalue weighted by Crippen LogP contribution is -2.18. The number of allylic oxidation sites excluding steroid dienone is 2. The number of hydrogen-bond donors (Lipinski definition) is 1. The second-order valence-corrected chi connectivity index (χ2v) is 5.21. The lowest BCUT2D eigenvalue weighted by Gasteiger charge is -2.09. The van der Waals surface area contributed by atoms with E-state index in [4.69, 9.17) is 9.84 Å². The van der Waals surface area contributed by atoms with E-state index in [-0.39, 0.29) is 11.1 Å². The van der Waals surface area contributed by atoms with Crippen LogP contribution >= 0.6 is 0 Å². The first-order valence-electron chi connectivity index (χ1n) is 7.69. The molecule has 5 heteroatoms. The third-order valence-electron chi connectivity index (χ3n) is 3.47. The Bertz CT molecular complexity index is 873. The molecule has 2 rings (SSSR count). The number of benzene rings is 1. The number of aromatic nitrogens is 1. The van der Waals surface area contributed by atoms with Crippen molar-refractivity contribution in [3.8, 4) is 5.75 Å². The van der Waals surface area contributed by atoms with E-state index in [1.54, 1.807) is 42.0 Å². The number of nitrogens with zero attached hydrogens (tertiary/aromatic N) is 1. The fourth-order valence-corrected chi connectivity index (χ4v) is 2.14. The van der Waals surface area contributed by atoms with Gasteiger partial charge in [0.2, 0.25) is 0 Å². The maximum Gasteiger partial charge on any atom is 0.335 e. The van der Waals surface area contributed by atoms with Crippen LogP contribution in [0.15, 0.2) is 89.6 Å². The van der Waals surface area contributed by atoms with Crippen LogP contribution in [0.25, 0.3) is 0 Å². The zero-order valence-electron chi connectivity index (χ0n) is 13.9. The SMILES string of the molecule is C=C/C(=C\C(=C/C)C(=O)O)Oc1ccc(Cn2ccccc2=O)cc1. The molecule has 0 bridgehead atoms. The van der Waals surface area contributed by atoms with Crippen molar-refractivity contribution in [1.29, 1.82) is 0 Å². The van der Waals surface area contributed by atoms with Crippen LogP contribution in [0.3, 0.4) is 0 Å². The zero-order valence-corrected chi connectivity index (χ0v) is 13.9. The van der Waals surface area contributed by atoms with Crippen molar-refractivity contribution in [2.24, 2.45) is 0 Å². The highest BCUT2D eigenvalue weighted by atomic mass is 16.5. The molecule has 0 unspecified atom stereocenters. The fraction of sp³-hybridized carbons (Fsp3) is 0.100. The maximum atomic E-state index is 11.7. The van der Waals surface area contributed by atoms with Crippen LogP contribution < -0.4 is 10.3 Å². The van der Waals surface area contributed by atoms with Crippen LogP contribution in [0.5, 0.6) is 5.75 Å². The van der Waals surface area contributed by atoms with Crippen molar-refractivity contribution in [2.45, 2.75) is 13.5 Å². The molecular formula is C20H19NO4. The number of ether oxygens (including phenoxy) is 1. The summed E-state index contributed by atoms with van der Waals surface area (Å²) in [5, 5.41) is 9.05. The molecule has 5 nitrogen and oxygen atoms in total. The zero-order chi connectivity index (χ0) is 18.2. The van der Waals surface area contributed by atoms with Gasteiger partial charge < -0.3 is 14.4 Å². The van der Waals surface area contributed by atoms with Crippen molar-refractivity contribution in [1.82, 2.24) is 4.57 Å². The Labute approximate surface area is 145 Å². The molecule has 0 saturated carbocycles. The van der Waals surface area contributed by atoms with E-state index in [1.807, 2.05) is 12.1 Å². The van der Waals surface area contributed by atoms with Gasteiger partial charge in [-0.25, -0.2) is 4.79 Å². The fourth-order valence-electron chi connectivity index (χ4n) is 2.14. The van der Waals surface area contributed by atoms with Gasteiger partial charge in [-0.15, -0.1) is 0 Å². The Morgan fingerprint density at radius 1 is 1.24 bits per heavy atom. The molecule has 1 N–H and O–H groups in total. The van der Waals surface area contributed by atoms with Gasteiger partial charge in [-0.1, -0.05) is 30.9 Å². The molecule has 2 aromatic rings. The summed E-state index contributed by atoms with van der Waals surface area (Å²) in [6.07, 6.45) is 6.07. The highest BCUT2D eigenvalue weighted by Crippen LogP contribution is 2.17. The monoisotopic (exact) mass is 337 g/mol. The van der Waals surface area contributed by atoms with E-state index < -0.39 is 5.97 Å². The minimum absolute atomic E-state index is 0.0627. The molecule has 0 radical (unpaired) electrons. The van der Waals surface area contributed by atoms with Gasteiger partial charge in [0.05, 0.1) is 12.1 Å². The third-order valence-corrected chi connectivity index (χ3v) is 3.47. The molecule has 1 heterocycles. The second kappa shape index (κ2) is 8.49. The minimum Gasteiger partial charge on any atom is -0.478 e. The molecule has 1 aromatic carbocycles. The summed E-state index contributed by atoms with van der Waals surface area (Å²) in [7, 11) is 0. The van der Waals surface area contributed by atoms with Crippen molar-refractivity contribution >= 4 is 5.97 Å². The number of carboxylic acids is 1. The van der Waals surface area contributed by atoms with Crippen LogP contribution in [0.4, 0.5) is 0 Å². The first-order valence-corrected chi connectivity index (χ1v) is 7.69. The van der Waals surface area contributed by atoms with E-state index in [0.29, 0.717) is 18.1 Å². The van der Waals surface area contributed by atoms with Crippen molar-refractivity contribution in [2.75, 3.05) is 0 Å². The van der Waals surface area contributed by atoms with Gasteiger partial charge in [0.1, 0.15) is 11.5 Å². The topological polar surface area (TPSA) is 68.5 Å². The number of aliphatic carboxylic acids is 1. The molecule has 0 saturated heterocycles.